The molecule has 0 aliphatic carbocycles. The summed E-state index contributed by atoms with van der Waals surface area (Å²) in [5.74, 6) is 0.442. The van der Waals surface area contributed by atoms with E-state index >= 15 is 0 Å². The van der Waals surface area contributed by atoms with Crippen LogP contribution >= 0.6 is 22.6 Å². The lowest BCUT2D eigenvalue weighted by Gasteiger charge is -2.10. The Balaban J connectivity index is 2.33. The van der Waals surface area contributed by atoms with Crippen LogP contribution in [0.3, 0.4) is 0 Å². The van der Waals surface area contributed by atoms with Crippen LogP contribution in [0, 0.1) is 3.57 Å². The molecule has 2 rings (SSSR count). The summed E-state index contributed by atoms with van der Waals surface area (Å²) < 4.78 is 40.9. The highest BCUT2D eigenvalue weighted by atomic mass is 127. The molecular weight excluding hydrogens is 398 g/mol. The zero-order valence-corrected chi connectivity index (χ0v) is 13.1. The average molecular weight is 409 g/mol. The molecule has 0 amide bonds. The van der Waals surface area contributed by atoms with Gasteiger partial charge < -0.3 is 10.5 Å². The predicted molar refractivity (Wildman–Crippen MR) is 80.7 cm³/mol. The minimum atomic E-state index is -4.71. The van der Waals surface area contributed by atoms with Gasteiger partial charge in [0.1, 0.15) is 11.6 Å². The van der Waals surface area contributed by atoms with Gasteiger partial charge in [0, 0.05) is 5.56 Å². The second kappa shape index (κ2) is 6.04. The zero-order chi connectivity index (χ0) is 15.6. The number of hydrogen-bond donors (Lipinski definition) is 1. The monoisotopic (exact) mass is 409 g/mol. The van der Waals surface area contributed by atoms with E-state index < -0.39 is 6.36 Å². The maximum Gasteiger partial charge on any atom is 0.573 e. The highest BCUT2D eigenvalue weighted by Crippen LogP contribution is 2.27. The average Bonchev–Trinajstić information content (AvgIpc) is 2.41. The van der Waals surface area contributed by atoms with E-state index in [9.17, 15) is 13.2 Å². The number of benzene rings is 1. The summed E-state index contributed by atoms with van der Waals surface area (Å²) in [6.07, 6.45) is -4.02. The lowest BCUT2D eigenvalue weighted by molar-refractivity contribution is -0.274. The van der Waals surface area contributed by atoms with Crippen LogP contribution in [0.1, 0.15) is 12.6 Å². The lowest BCUT2D eigenvalue weighted by atomic mass is 10.2. The minimum absolute atomic E-state index is 0.291. The van der Waals surface area contributed by atoms with E-state index in [1.807, 2.05) is 6.92 Å². The number of aryl methyl sites for hydroxylation is 1. The fourth-order valence-electron chi connectivity index (χ4n) is 1.68. The Morgan fingerprint density at radius 1 is 1.19 bits per heavy atom. The SMILES string of the molecule is CCc1nc(-c2ccc(OC(F)(F)F)cc2)nc(N)c1I. The first-order valence-corrected chi connectivity index (χ1v) is 7.06. The number of nitrogen functional groups attached to an aromatic ring is 1. The van der Waals surface area contributed by atoms with Gasteiger partial charge in [-0.1, -0.05) is 6.92 Å². The third-order valence-electron chi connectivity index (χ3n) is 2.63. The Morgan fingerprint density at radius 3 is 2.33 bits per heavy atom. The van der Waals surface area contributed by atoms with Crippen molar-refractivity contribution in [3.63, 3.8) is 0 Å². The smallest absolute Gasteiger partial charge is 0.406 e. The van der Waals surface area contributed by atoms with Crippen LogP contribution in [-0.2, 0) is 6.42 Å². The van der Waals surface area contributed by atoms with Crippen molar-refractivity contribution in [2.75, 3.05) is 5.73 Å². The molecule has 0 fully saturated rings. The van der Waals surface area contributed by atoms with Crippen LogP contribution in [0.25, 0.3) is 11.4 Å². The first-order valence-electron chi connectivity index (χ1n) is 5.98. The Bertz CT molecular complexity index is 644. The maximum absolute atomic E-state index is 12.1. The molecule has 1 heterocycles. The van der Waals surface area contributed by atoms with Crippen LogP contribution in [0.5, 0.6) is 5.75 Å². The van der Waals surface area contributed by atoms with Crippen molar-refractivity contribution in [2.45, 2.75) is 19.7 Å². The molecule has 0 saturated carbocycles. The van der Waals surface area contributed by atoms with E-state index in [1.54, 1.807) is 0 Å². The molecule has 0 radical (unpaired) electrons. The first-order chi connectivity index (χ1) is 9.80. The molecule has 0 atom stereocenters. The molecule has 8 heteroatoms. The summed E-state index contributed by atoms with van der Waals surface area (Å²) in [6.45, 7) is 1.94. The van der Waals surface area contributed by atoms with Crippen molar-refractivity contribution in [2.24, 2.45) is 0 Å². The van der Waals surface area contributed by atoms with Crippen LogP contribution in [0.4, 0.5) is 19.0 Å². The Hall–Kier alpha value is -1.58. The van der Waals surface area contributed by atoms with Crippen LogP contribution in [0.2, 0.25) is 0 Å². The van der Waals surface area contributed by atoms with Crippen molar-refractivity contribution < 1.29 is 17.9 Å². The number of nitrogens with two attached hydrogens (primary N) is 1. The molecule has 1 aromatic carbocycles. The van der Waals surface area contributed by atoms with Crippen LogP contribution < -0.4 is 10.5 Å². The molecule has 0 aliphatic rings. The molecule has 112 valence electrons. The topological polar surface area (TPSA) is 61.0 Å². The third-order valence-corrected chi connectivity index (χ3v) is 3.80. The van der Waals surface area contributed by atoms with Crippen molar-refractivity contribution in [1.29, 1.82) is 0 Å². The van der Waals surface area contributed by atoms with Gasteiger partial charge in [0.05, 0.1) is 9.26 Å². The molecule has 0 unspecified atom stereocenters. The van der Waals surface area contributed by atoms with Crippen molar-refractivity contribution in [3.8, 4) is 17.1 Å². The van der Waals surface area contributed by atoms with Gasteiger partial charge in [-0.15, -0.1) is 13.2 Å². The van der Waals surface area contributed by atoms with E-state index in [0.29, 0.717) is 23.6 Å². The van der Waals surface area contributed by atoms with Gasteiger partial charge in [0.15, 0.2) is 5.82 Å². The predicted octanol–water partition coefficient (Wildman–Crippen LogP) is 3.79. The lowest BCUT2D eigenvalue weighted by Crippen LogP contribution is -2.16. The highest BCUT2D eigenvalue weighted by molar-refractivity contribution is 14.1. The summed E-state index contributed by atoms with van der Waals surface area (Å²) in [7, 11) is 0. The van der Waals surface area contributed by atoms with Gasteiger partial charge in [-0.2, -0.15) is 0 Å². The first kappa shape index (κ1) is 15.8. The summed E-state index contributed by atoms with van der Waals surface area (Å²) in [6, 6.07) is 5.35. The van der Waals surface area contributed by atoms with Gasteiger partial charge in [0.2, 0.25) is 0 Å². The standard InChI is InChI=1S/C13H11F3IN3O/c1-2-9-10(17)11(18)20-12(19-9)7-3-5-8(6-4-7)21-13(14,15)16/h3-6H,2H2,1H3,(H2,18,19,20). The van der Waals surface area contributed by atoms with Gasteiger partial charge in [0.25, 0.3) is 0 Å². The number of alkyl halides is 3. The van der Waals surface area contributed by atoms with E-state index in [0.717, 1.165) is 9.26 Å². The summed E-state index contributed by atoms with van der Waals surface area (Å²) >= 11 is 2.07. The van der Waals surface area contributed by atoms with Crippen LogP contribution in [0.15, 0.2) is 24.3 Å². The van der Waals surface area contributed by atoms with E-state index in [2.05, 4.69) is 37.3 Å². The molecule has 4 nitrogen and oxygen atoms in total. The van der Waals surface area contributed by atoms with Gasteiger partial charge in [-0.05, 0) is 53.3 Å². The normalized spacial score (nSPS) is 11.5. The van der Waals surface area contributed by atoms with Gasteiger partial charge in [-0.3, -0.25) is 0 Å². The largest absolute Gasteiger partial charge is 0.573 e. The Kier molecular flexibility index (Phi) is 4.55. The maximum atomic E-state index is 12.1. The van der Waals surface area contributed by atoms with Gasteiger partial charge in [-0.25, -0.2) is 9.97 Å². The highest BCUT2D eigenvalue weighted by Gasteiger charge is 2.31. The Morgan fingerprint density at radius 2 is 1.81 bits per heavy atom. The van der Waals surface area contributed by atoms with Crippen LogP contribution in [-0.4, -0.2) is 16.3 Å². The van der Waals surface area contributed by atoms with E-state index in [1.165, 1.54) is 24.3 Å². The third kappa shape index (κ3) is 3.96. The summed E-state index contributed by atoms with van der Waals surface area (Å²) in [5.41, 5.74) is 7.19. The molecule has 0 bridgehead atoms. The molecule has 0 aliphatic heterocycles. The number of nitrogens with zero attached hydrogens (tertiary/aromatic N) is 2. The quantitative estimate of drug-likeness (QED) is 0.784. The zero-order valence-electron chi connectivity index (χ0n) is 10.9. The van der Waals surface area contributed by atoms with Gasteiger partial charge >= 0.3 is 6.36 Å². The molecule has 0 saturated heterocycles. The number of anilines is 1. The minimum Gasteiger partial charge on any atom is -0.406 e. The Labute approximate surface area is 132 Å². The molecule has 21 heavy (non-hydrogen) atoms. The van der Waals surface area contributed by atoms with Crippen molar-refractivity contribution in [1.82, 2.24) is 9.97 Å². The van der Waals surface area contributed by atoms with E-state index in [-0.39, 0.29) is 5.75 Å². The fraction of sp³-hybridized carbons (Fsp3) is 0.231. The van der Waals surface area contributed by atoms with Crippen molar-refractivity contribution in [3.05, 3.63) is 33.5 Å². The summed E-state index contributed by atoms with van der Waals surface area (Å²) in [4.78, 5) is 8.52. The molecule has 2 aromatic rings. The second-order valence-corrected chi connectivity index (χ2v) is 5.20. The van der Waals surface area contributed by atoms with E-state index in [4.69, 9.17) is 5.73 Å². The number of ether oxygens (including phenoxy) is 1. The second-order valence-electron chi connectivity index (χ2n) is 4.12. The number of hydrogen-bond acceptors (Lipinski definition) is 4. The number of aromatic nitrogens is 2. The summed E-state index contributed by atoms with van der Waals surface area (Å²) in [5, 5.41) is 0. The fourth-order valence-corrected chi connectivity index (χ4v) is 2.30. The molecule has 2 N–H and O–H groups in total. The number of rotatable bonds is 3. The molecule has 1 aromatic heterocycles. The van der Waals surface area contributed by atoms with Crippen molar-refractivity contribution >= 4 is 28.4 Å². The number of halogens is 4. The molecular formula is C13H11F3IN3O. The molecule has 0 spiro atoms.